The van der Waals surface area contributed by atoms with Crippen LogP contribution in [0.15, 0.2) is 42.6 Å². The van der Waals surface area contributed by atoms with Crippen LogP contribution < -0.4 is 5.32 Å². The molecule has 140 valence electrons. The van der Waals surface area contributed by atoms with Crippen LogP contribution in [0.3, 0.4) is 0 Å². The van der Waals surface area contributed by atoms with Crippen molar-refractivity contribution >= 4 is 23.2 Å². The summed E-state index contributed by atoms with van der Waals surface area (Å²) in [4.78, 5) is 12.4. The number of halogens is 5. The summed E-state index contributed by atoms with van der Waals surface area (Å²) in [6, 6.07) is 7.74. The minimum absolute atomic E-state index is 0.113. The van der Waals surface area contributed by atoms with Crippen molar-refractivity contribution < 1.29 is 22.4 Å². The molecule has 4 nitrogen and oxygen atoms in total. The van der Waals surface area contributed by atoms with Gasteiger partial charge in [-0.05, 0) is 23.8 Å². The zero-order valence-corrected chi connectivity index (χ0v) is 14.6. The first kappa shape index (κ1) is 18.9. The number of hydrogen-bond donors (Lipinski definition) is 1. The number of amides is 1. The molecule has 1 amide bonds. The summed E-state index contributed by atoms with van der Waals surface area (Å²) < 4.78 is 55.3. The average Bonchev–Trinajstić information content (AvgIpc) is 3.01. The van der Waals surface area contributed by atoms with Crippen LogP contribution in [0, 0.1) is 11.6 Å². The molecule has 1 aromatic heterocycles. The van der Waals surface area contributed by atoms with Crippen molar-refractivity contribution in [1.82, 2.24) is 9.78 Å². The minimum Gasteiger partial charge on any atom is -0.319 e. The number of carbonyl (C=O) groups is 1. The number of hydrogen-bond acceptors (Lipinski definition) is 2. The normalized spacial score (nSPS) is 11.1. The zero-order chi connectivity index (χ0) is 19.7. The molecule has 0 radical (unpaired) electrons. The summed E-state index contributed by atoms with van der Waals surface area (Å²) >= 11 is 5.65. The number of para-hydroxylation sites is 1. The lowest BCUT2D eigenvalue weighted by Gasteiger charge is -2.13. The first-order valence-corrected chi connectivity index (χ1v) is 8.02. The molecule has 0 atom stereocenters. The molecule has 0 unspecified atom stereocenters. The van der Waals surface area contributed by atoms with E-state index in [1.54, 1.807) is 0 Å². The fraction of sp³-hybridized carbons (Fsp3) is 0.111. The molecule has 3 aromatic rings. The Kier molecular flexibility index (Phi) is 5.18. The number of nitrogens with one attached hydrogen (secondary N) is 1. The van der Waals surface area contributed by atoms with Gasteiger partial charge < -0.3 is 5.32 Å². The van der Waals surface area contributed by atoms with Gasteiger partial charge >= 0.3 is 0 Å². The van der Waals surface area contributed by atoms with E-state index in [-0.39, 0.29) is 27.4 Å². The Labute approximate surface area is 156 Å². The molecule has 0 aliphatic carbocycles. The second-order valence-electron chi connectivity index (χ2n) is 5.65. The topological polar surface area (TPSA) is 46.9 Å². The van der Waals surface area contributed by atoms with Crippen molar-refractivity contribution in [2.75, 3.05) is 5.32 Å². The molecule has 3 rings (SSSR count). The third-order valence-electron chi connectivity index (χ3n) is 3.79. The van der Waals surface area contributed by atoms with Crippen LogP contribution in [0.2, 0.25) is 5.02 Å². The third kappa shape index (κ3) is 3.80. The number of aromatic nitrogens is 2. The van der Waals surface area contributed by atoms with Crippen molar-refractivity contribution in [3.63, 3.8) is 0 Å². The molecule has 9 heteroatoms. The number of anilines is 1. The van der Waals surface area contributed by atoms with Crippen molar-refractivity contribution in [3.8, 4) is 11.1 Å². The molecule has 0 fully saturated rings. The van der Waals surface area contributed by atoms with Gasteiger partial charge in [0.1, 0.15) is 17.3 Å². The van der Waals surface area contributed by atoms with Crippen LogP contribution in [0.5, 0.6) is 0 Å². The fourth-order valence-electron chi connectivity index (χ4n) is 2.58. The molecule has 2 aromatic carbocycles. The summed E-state index contributed by atoms with van der Waals surface area (Å²) in [5.74, 6) is -2.49. The second-order valence-corrected chi connectivity index (χ2v) is 6.05. The van der Waals surface area contributed by atoms with Gasteiger partial charge in [-0.15, -0.1) is 0 Å². The predicted molar refractivity (Wildman–Crippen MR) is 92.9 cm³/mol. The summed E-state index contributed by atoms with van der Waals surface area (Å²) in [6.07, 6.45) is -1.86. The van der Waals surface area contributed by atoms with Gasteiger partial charge in [0.25, 0.3) is 12.3 Å². The van der Waals surface area contributed by atoms with Crippen LogP contribution in [0.25, 0.3) is 11.1 Å². The van der Waals surface area contributed by atoms with Gasteiger partial charge in [-0.25, -0.2) is 17.6 Å². The monoisotopic (exact) mass is 397 g/mol. The van der Waals surface area contributed by atoms with E-state index in [9.17, 15) is 22.4 Å². The number of rotatable bonds is 4. The number of aryl methyl sites for hydroxylation is 1. The quantitative estimate of drug-likeness (QED) is 0.614. The molecule has 0 spiro atoms. The number of carbonyl (C=O) groups excluding carboxylic acids is 1. The van der Waals surface area contributed by atoms with E-state index >= 15 is 0 Å². The van der Waals surface area contributed by atoms with E-state index in [1.807, 2.05) is 0 Å². The summed E-state index contributed by atoms with van der Waals surface area (Å²) in [7, 11) is 1.38. The Bertz CT molecular complexity index is 1020. The lowest BCUT2D eigenvalue weighted by Crippen LogP contribution is -2.15. The molecule has 0 bridgehead atoms. The Morgan fingerprint density at radius 1 is 1.19 bits per heavy atom. The SMILES string of the molecule is Cn1cc(C(=O)Nc2c(F)cccc2-c2ccc(Cl)c(F)c2)c(C(F)F)n1. The average molecular weight is 398 g/mol. The lowest BCUT2D eigenvalue weighted by molar-refractivity contribution is 0.101. The van der Waals surface area contributed by atoms with Crippen molar-refractivity contribution in [3.05, 3.63) is 70.5 Å². The Hall–Kier alpha value is -2.87. The number of benzene rings is 2. The van der Waals surface area contributed by atoms with Gasteiger partial charge in [-0.1, -0.05) is 29.8 Å². The van der Waals surface area contributed by atoms with Gasteiger partial charge in [0.15, 0.2) is 0 Å². The lowest BCUT2D eigenvalue weighted by atomic mass is 10.0. The highest BCUT2D eigenvalue weighted by atomic mass is 35.5. The molecule has 1 heterocycles. The third-order valence-corrected chi connectivity index (χ3v) is 4.10. The Balaban J connectivity index is 2.03. The van der Waals surface area contributed by atoms with Crippen LogP contribution in [0.4, 0.5) is 23.2 Å². The molecular weight excluding hydrogens is 386 g/mol. The minimum atomic E-state index is -2.97. The standard InChI is InChI=1S/C18H12ClF4N3O/c1-26-8-11(16(25-26)17(22)23)18(27)24-15-10(3-2-4-13(15)20)9-5-6-12(19)14(21)7-9/h2-8,17H,1H3,(H,24,27). The van der Waals surface area contributed by atoms with E-state index in [4.69, 9.17) is 11.6 Å². The van der Waals surface area contributed by atoms with Gasteiger partial charge in [0.2, 0.25) is 0 Å². The van der Waals surface area contributed by atoms with E-state index in [0.29, 0.717) is 0 Å². The summed E-state index contributed by atoms with van der Waals surface area (Å²) in [5, 5.41) is 5.71. The predicted octanol–water partition coefficient (Wildman–Crippen LogP) is 5.21. The van der Waals surface area contributed by atoms with Gasteiger partial charge in [0, 0.05) is 18.8 Å². The number of alkyl halides is 2. The van der Waals surface area contributed by atoms with Crippen LogP contribution in [-0.4, -0.2) is 15.7 Å². The largest absolute Gasteiger partial charge is 0.319 e. The van der Waals surface area contributed by atoms with Crippen molar-refractivity contribution in [2.24, 2.45) is 7.05 Å². The van der Waals surface area contributed by atoms with Crippen LogP contribution >= 0.6 is 11.6 Å². The van der Waals surface area contributed by atoms with Gasteiger partial charge in [-0.3, -0.25) is 9.48 Å². The van der Waals surface area contributed by atoms with E-state index in [2.05, 4.69) is 10.4 Å². The maximum Gasteiger partial charge on any atom is 0.282 e. The van der Waals surface area contributed by atoms with E-state index in [1.165, 1.54) is 31.3 Å². The molecule has 0 aliphatic heterocycles. The van der Waals surface area contributed by atoms with Gasteiger partial charge in [-0.2, -0.15) is 5.10 Å². The molecule has 0 saturated carbocycles. The Morgan fingerprint density at radius 2 is 1.93 bits per heavy atom. The maximum atomic E-state index is 14.4. The summed E-state index contributed by atoms with van der Waals surface area (Å²) in [5.41, 5.74) is -0.948. The highest BCUT2D eigenvalue weighted by molar-refractivity contribution is 6.30. The van der Waals surface area contributed by atoms with Gasteiger partial charge in [0.05, 0.1) is 16.3 Å². The first-order chi connectivity index (χ1) is 12.8. The summed E-state index contributed by atoms with van der Waals surface area (Å²) in [6.45, 7) is 0. The molecule has 0 saturated heterocycles. The van der Waals surface area contributed by atoms with Crippen molar-refractivity contribution in [2.45, 2.75) is 6.43 Å². The first-order valence-electron chi connectivity index (χ1n) is 7.65. The maximum absolute atomic E-state index is 14.4. The number of nitrogens with zero attached hydrogens (tertiary/aromatic N) is 2. The van der Waals surface area contributed by atoms with Crippen molar-refractivity contribution in [1.29, 1.82) is 0 Å². The van der Waals surface area contributed by atoms with E-state index < -0.39 is 29.7 Å². The smallest absolute Gasteiger partial charge is 0.282 e. The highest BCUT2D eigenvalue weighted by Crippen LogP contribution is 2.33. The molecule has 27 heavy (non-hydrogen) atoms. The van der Waals surface area contributed by atoms with E-state index in [0.717, 1.165) is 23.0 Å². The fourth-order valence-corrected chi connectivity index (χ4v) is 2.70. The van der Waals surface area contributed by atoms with Crippen LogP contribution in [0.1, 0.15) is 22.5 Å². The molecule has 1 N–H and O–H groups in total. The second kappa shape index (κ2) is 7.40. The Morgan fingerprint density at radius 3 is 2.59 bits per heavy atom. The van der Waals surface area contributed by atoms with Crippen LogP contribution in [-0.2, 0) is 7.05 Å². The zero-order valence-electron chi connectivity index (χ0n) is 13.8. The molecule has 0 aliphatic rings. The highest BCUT2D eigenvalue weighted by Gasteiger charge is 2.24. The molecular formula is C18H12ClF4N3O.